The van der Waals surface area contributed by atoms with Crippen molar-refractivity contribution in [3.8, 4) is 0 Å². The summed E-state index contributed by atoms with van der Waals surface area (Å²) in [6.45, 7) is 9.59. The van der Waals surface area contributed by atoms with Crippen LogP contribution in [0.1, 0.15) is 40.0 Å². The number of carbonyl (C=O) groups excluding carboxylic acids is 1. The molecular weight excluding hydrogens is 238 g/mol. The zero-order valence-electron chi connectivity index (χ0n) is 12.9. The van der Waals surface area contributed by atoms with Crippen LogP contribution in [0, 0.1) is 5.92 Å². The molecule has 0 bridgehead atoms. The van der Waals surface area contributed by atoms with Crippen molar-refractivity contribution in [3.05, 3.63) is 0 Å². The summed E-state index contributed by atoms with van der Waals surface area (Å²) in [4.78, 5) is 16.8. The van der Waals surface area contributed by atoms with E-state index >= 15 is 0 Å². The summed E-state index contributed by atoms with van der Waals surface area (Å²) < 4.78 is 0. The van der Waals surface area contributed by atoms with Crippen molar-refractivity contribution < 1.29 is 4.79 Å². The third-order valence-corrected chi connectivity index (χ3v) is 4.86. The van der Waals surface area contributed by atoms with Crippen LogP contribution < -0.4 is 5.32 Å². The molecule has 0 spiro atoms. The topological polar surface area (TPSA) is 35.6 Å². The van der Waals surface area contributed by atoms with Crippen LogP contribution in [-0.2, 0) is 4.79 Å². The van der Waals surface area contributed by atoms with E-state index in [1.807, 2.05) is 11.8 Å². The highest BCUT2D eigenvalue weighted by molar-refractivity contribution is 5.81. The van der Waals surface area contributed by atoms with Gasteiger partial charge < -0.3 is 15.1 Å². The van der Waals surface area contributed by atoms with Gasteiger partial charge in [-0.25, -0.2) is 0 Å². The molecular formula is C15H29N3O. The van der Waals surface area contributed by atoms with Gasteiger partial charge in [0, 0.05) is 31.7 Å². The Morgan fingerprint density at radius 2 is 1.89 bits per heavy atom. The van der Waals surface area contributed by atoms with Crippen molar-refractivity contribution in [3.63, 3.8) is 0 Å². The maximum atomic E-state index is 12.3. The van der Waals surface area contributed by atoms with Crippen LogP contribution in [0.4, 0.5) is 0 Å². The average molecular weight is 267 g/mol. The SMILES string of the molecule is CC(NC1CC(C)N(C)CC1C)C(=O)N1CCCC1. The minimum Gasteiger partial charge on any atom is -0.341 e. The smallest absolute Gasteiger partial charge is 0.239 e. The molecule has 4 heteroatoms. The number of hydrogen-bond acceptors (Lipinski definition) is 3. The lowest BCUT2D eigenvalue weighted by Crippen LogP contribution is -2.55. The van der Waals surface area contributed by atoms with E-state index in [1.54, 1.807) is 0 Å². The Morgan fingerprint density at radius 1 is 1.26 bits per heavy atom. The van der Waals surface area contributed by atoms with Crippen molar-refractivity contribution in [2.45, 2.75) is 58.2 Å². The largest absolute Gasteiger partial charge is 0.341 e. The lowest BCUT2D eigenvalue weighted by molar-refractivity contribution is -0.132. The molecule has 4 atom stereocenters. The molecule has 0 aromatic carbocycles. The van der Waals surface area contributed by atoms with Gasteiger partial charge in [0.05, 0.1) is 6.04 Å². The molecule has 1 N–H and O–H groups in total. The van der Waals surface area contributed by atoms with Gasteiger partial charge in [-0.15, -0.1) is 0 Å². The molecule has 0 radical (unpaired) electrons. The molecule has 2 saturated heterocycles. The van der Waals surface area contributed by atoms with E-state index in [1.165, 1.54) is 12.8 Å². The van der Waals surface area contributed by atoms with Crippen molar-refractivity contribution in [1.29, 1.82) is 0 Å². The van der Waals surface area contributed by atoms with E-state index in [9.17, 15) is 4.79 Å². The molecule has 0 aromatic heterocycles. The predicted octanol–water partition coefficient (Wildman–Crippen LogP) is 1.32. The molecule has 4 unspecified atom stereocenters. The first-order valence-corrected chi connectivity index (χ1v) is 7.74. The van der Waals surface area contributed by atoms with E-state index in [4.69, 9.17) is 0 Å². The van der Waals surface area contributed by atoms with Gasteiger partial charge in [-0.3, -0.25) is 4.79 Å². The number of amides is 1. The number of nitrogens with one attached hydrogen (secondary N) is 1. The Morgan fingerprint density at radius 3 is 2.53 bits per heavy atom. The normalized spacial score (nSPS) is 34.5. The molecule has 19 heavy (non-hydrogen) atoms. The number of likely N-dealkylation sites (tertiary alicyclic amines) is 2. The highest BCUT2D eigenvalue weighted by atomic mass is 16.2. The van der Waals surface area contributed by atoms with Crippen LogP contribution >= 0.6 is 0 Å². The van der Waals surface area contributed by atoms with Gasteiger partial charge in [0.1, 0.15) is 0 Å². The predicted molar refractivity (Wildman–Crippen MR) is 78.1 cm³/mol. The molecule has 1 amide bonds. The Kier molecular flexibility index (Phi) is 4.85. The van der Waals surface area contributed by atoms with E-state index < -0.39 is 0 Å². The van der Waals surface area contributed by atoms with Crippen LogP contribution in [0.3, 0.4) is 0 Å². The quantitative estimate of drug-likeness (QED) is 0.837. The number of hydrogen-bond donors (Lipinski definition) is 1. The average Bonchev–Trinajstić information content (AvgIpc) is 2.88. The van der Waals surface area contributed by atoms with Crippen LogP contribution in [-0.4, -0.2) is 60.5 Å². The highest BCUT2D eigenvalue weighted by Crippen LogP contribution is 2.21. The molecule has 2 rings (SSSR count). The van der Waals surface area contributed by atoms with Crippen molar-refractivity contribution in [2.24, 2.45) is 5.92 Å². The van der Waals surface area contributed by atoms with Gasteiger partial charge >= 0.3 is 0 Å². The van der Waals surface area contributed by atoms with Gasteiger partial charge in [0.2, 0.25) is 5.91 Å². The fraction of sp³-hybridized carbons (Fsp3) is 0.933. The first-order chi connectivity index (χ1) is 8.99. The van der Waals surface area contributed by atoms with Crippen LogP contribution in [0.15, 0.2) is 0 Å². The second-order valence-electron chi connectivity index (χ2n) is 6.53. The maximum absolute atomic E-state index is 12.3. The molecule has 2 aliphatic rings. The Balaban J connectivity index is 1.87. The molecule has 110 valence electrons. The highest BCUT2D eigenvalue weighted by Gasteiger charge is 2.32. The lowest BCUT2D eigenvalue weighted by Gasteiger charge is -2.41. The Labute approximate surface area is 117 Å². The number of carbonyl (C=O) groups is 1. The minimum atomic E-state index is -0.0406. The van der Waals surface area contributed by atoms with E-state index in [2.05, 4.69) is 31.1 Å². The summed E-state index contributed by atoms with van der Waals surface area (Å²) in [5, 5.41) is 3.58. The summed E-state index contributed by atoms with van der Waals surface area (Å²) in [7, 11) is 2.19. The molecule has 2 fully saturated rings. The van der Waals surface area contributed by atoms with Gasteiger partial charge in [0.15, 0.2) is 0 Å². The molecule has 4 nitrogen and oxygen atoms in total. The van der Waals surface area contributed by atoms with Crippen molar-refractivity contribution in [2.75, 3.05) is 26.7 Å². The zero-order valence-corrected chi connectivity index (χ0v) is 12.9. The van der Waals surface area contributed by atoms with Crippen molar-refractivity contribution >= 4 is 5.91 Å². The number of nitrogens with zero attached hydrogens (tertiary/aromatic N) is 2. The lowest BCUT2D eigenvalue weighted by atomic mass is 9.89. The monoisotopic (exact) mass is 267 g/mol. The van der Waals surface area contributed by atoms with E-state index in [0.717, 1.165) is 26.1 Å². The Hall–Kier alpha value is -0.610. The fourth-order valence-electron chi connectivity index (χ4n) is 3.38. The molecule has 0 saturated carbocycles. The second-order valence-corrected chi connectivity index (χ2v) is 6.53. The van der Waals surface area contributed by atoms with Gasteiger partial charge in [-0.05, 0) is 46.1 Å². The van der Waals surface area contributed by atoms with E-state index in [0.29, 0.717) is 18.0 Å². The number of piperidine rings is 1. The van der Waals surface area contributed by atoms with Crippen LogP contribution in [0.5, 0.6) is 0 Å². The maximum Gasteiger partial charge on any atom is 0.239 e. The molecule has 2 heterocycles. The molecule has 2 aliphatic heterocycles. The minimum absolute atomic E-state index is 0.0406. The van der Waals surface area contributed by atoms with Crippen LogP contribution in [0.2, 0.25) is 0 Å². The van der Waals surface area contributed by atoms with Gasteiger partial charge in [-0.1, -0.05) is 6.92 Å². The summed E-state index contributed by atoms with van der Waals surface area (Å²) in [6, 6.07) is 1.02. The molecule has 0 aromatic rings. The fourth-order valence-corrected chi connectivity index (χ4v) is 3.38. The summed E-state index contributed by atoms with van der Waals surface area (Å²) in [5.74, 6) is 0.895. The van der Waals surface area contributed by atoms with Gasteiger partial charge in [-0.2, -0.15) is 0 Å². The zero-order chi connectivity index (χ0) is 14.0. The first kappa shape index (κ1) is 14.8. The third kappa shape index (κ3) is 3.48. The van der Waals surface area contributed by atoms with Crippen molar-refractivity contribution in [1.82, 2.24) is 15.1 Å². The second kappa shape index (κ2) is 6.23. The number of rotatable bonds is 3. The summed E-state index contributed by atoms with van der Waals surface area (Å²) in [5.41, 5.74) is 0. The van der Waals surface area contributed by atoms with Crippen LogP contribution in [0.25, 0.3) is 0 Å². The van der Waals surface area contributed by atoms with E-state index in [-0.39, 0.29) is 11.9 Å². The summed E-state index contributed by atoms with van der Waals surface area (Å²) >= 11 is 0. The standard InChI is InChI=1S/C15H29N3O/c1-11-10-17(4)12(2)9-14(11)16-13(3)15(19)18-7-5-6-8-18/h11-14,16H,5-10H2,1-4H3. The molecule has 0 aliphatic carbocycles. The Bertz CT molecular complexity index is 315. The third-order valence-electron chi connectivity index (χ3n) is 4.86. The first-order valence-electron chi connectivity index (χ1n) is 7.74. The summed E-state index contributed by atoms with van der Waals surface area (Å²) in [6.07, 6.45) is 3.47. The van der Waals surface area contributed by atoms with Gasteiger partial charge in [0.25, 0.3) is 0 Å².